The van der Waals surface area contributed by atoms with Crippen LogP contribution in [0, 0.1) is 5.82 Å². The standard InChI is InChI=1S/C34H36ClFN4O3.C4H11N/c1-4-27-30-29-26(35)16-15-25-24(11-9-19-43-28-12-8-10-21-20-22(36)13-14-23(21)28)32(34(41)42)40(31(25)29)18-7-5-6-17-38(2)33(30)37-39(27)3;1-3-5-4-2/h8,10,12-16,20H,4-7,9,11,17-19H2,1-3H3,(H,41,42);5H,3-4H2,1-2H3. The highest BCUT2D eigenvalue weighted by Gasteiger charge is 2.30. The zero-order chi connectivity index (χ0) is 34.4. The van der Waals surface area contributed by atoms with Crippen molar-refractivity contribution in [1.29, 1.82) is 0 Å². The first-order valence-electron chi connectivity index (χ1n) is 17.1. The summed E-state index contributed by atoms with van der Waals surface area (Å²) in [5.74, 6) is 0.315. The summed E-state index contributed by atoms with van der Waals surface area (Å²) in [6, 6.07) is 14.1. The van der Waals surface area contributed by atoms with E-state index < -0.39 is 5.97 Å². The second-order valence-corrected chi connectivity index (χ2v) is 12.6. The Morgan fingerprint density at radius 1 is 1.00 bits per heavy atom. The van der Waals surface area contributed by atoms with Gasteiger partial charge in [-0.25, -0.2) is 9.18 Å². The fourth-order valence-corrected chi connectivity index (χ4v) is 7.10. The molecule has 5 aromatic rings. The Hall–Kier alpha value is -4.08. The Bertz CT molecular complexity index is 1900. The SMILES string of the molecule is CCNCC.CCc1c2c(nn1C)N(C)CCCCCn1c(C(=O)O)c(CCCOc3cccc4cc(F)ccc34)c3ccc(Cl)c-2c31. The molecule has 0 unspecified atom stereocenters. The number of benzene rings is 3. The first-order chi connectivity index (χ1) is 23.2. The van der Waals surface area contributed by atoms with E-state index in [4.69, 9.17) is 21.4 Å². The van der Waals surface area contributed by atoms with Crippen molar-refractivity contribution in [2.75, 3.05) is 38.2 Å². The summed E-state index contributed by atoms with van der Waals surface area (Å²) in [6.07, 6.45) is 4.70. The molecule has 0 saturated heterocycles. The van der Waals surface area contributed by atoms with E-state index in [1.54, 1.807) is 6.07 Å². The summed E-state index contributed by atoms with van der Waals surface area (Å²) in [5, 5.41) is 21.7. The lowest BCUT2D eigenvalue weighted by Gasteiger charge is -2.19. The number of nitrogens with one attached hydrogen (secondary N) is 1. The van der Waals surface area contributed by atoms with Crippen molar-refractivity contribution in [1.82, 2.24) is 19.7 Å². The number of aryl methyl sites for hydroxylation is 3. The van der Waals surface area contributed by atoms with Crippen LogP contribution in [0.5, 0.6) is 5.75 Å². The zero-order valence-electron chi connectivity index (χ0n) is 28.7. The topological polar surface area (TPSA) is 84.6 Å². The van der Waals surface area contributed by atoms with Gasteiger partial charge in [0.1, 0.15) is 17.3 Å². The van der Waals surface area contributed by atoms with Crippen LogP contribution in [0.2, 0.25) is 5.02 Å². The van der Waals surface area contributed by atoms with Crippen LogP contribution in [0.15, 0.2) is 48.5 Å². The molecule has 0 fully saturated rings. The van der Waals surface area contributed by atoms with Crippen molar-refractivity contribution in [3.63, 3.8) is 0 Å². The molecule has 48 heavy (non-hydrogen) atoms. The number of aromatic nitrogens is 3. The summed E-state index contributed by atoms with van der Waals surface area (Å²) in [5.41, 5.74) is 4.85. The Labute approximate surface area is 287 Å². The van der Waals surface area contributed by atoms with Gasteiger partial charge in [0.25, 0.3) is 0 Å². The van der Waals surface area contributed by atoms with Crippen molar-refractivity contribution < 1.29 is 19.0 Å². The lowest BCUT2D eigenvalue weighted by atomic mass is 9.98. The van der Waals surface area contributed by atoms with Gasteiger partial charge in [-0.1, -0.05) is 50.6 Å². The number of carboxylic acids is 1. The van der Waals surface area contributed by atoms with E-state index in [0.29, 0.717) is 42.5 Å². The molecule has 1 aliphatic rings. The number of fused-ring (bicyclic) bond motifs is 3. The van der Waals surface area contributed by atoms with Gasteiger partial charge < -0.3 is 24.6 Å². The number of carboxylic acid groups (broad SMARTS) is 1. The Kier molecular flexibility index (Phi) is 11.7. The normalized spacial score (nSPS) is 13.2. The summed E-state index contributed by atoms with van der Waals surface area (Å²) >= 11 is 7.02. The second kappa shape index (κ2) is 15.9. The van der Waals surface area contributed by atoms with Crippen LogP contribution in [-0.4, -0.2) is 58.7 Å². The van der Waals surface area contributed by atoms with Crippen molar-refractivity contribution in [2.45, 2.75) is 65.8 Å². The molecule has 0 radical (unpaired) electrons. The molecule has 10 heteroatoms. The van der Waals surface area contributed by atoms with Gasteiger partial charge in [-0.3, -0.25) is 4.68 Å². The number of hydrogen-bond donors (Lipinski definition) is 2. The monoisotopic (exact) mass is 675 g/mol. The maximum atomic E-state index is 13.7. The average molecular weight is 676 g/mol. The number of halogens is 2. The van der Waals surface area contributed by atoms with E-state index in [0.717, 1.165) is 95.2 Å². The number of nitrogens with zero attached hydrogens (tertiary/aromatic N) is 4. The molecule has 1 aliphatic heterocycles. The molecule has 0 saturated carbocycles. The smallest absolute Gasteiger partial charge is 0.352 e. The first-order valence-corrected chi connectivity index (χ1v) is 17.4. The van der Waals surface area contributed by atoms with Crippen LogP contribution in [0.25, 0.3) is 32.8 Å². The van der Waals surface area contributed by atoms with Crippen LogP contribution in [-0.2, 0) is 26.4 Å². The second-order valence-electron chi connectivity index (χ2n) is 12.2. The number of rotatable bonds is 9. The average Bonchev–Trinajstić information content (AvgIpc) is 3.56. The molecule has 0 spiro atoms. The van der Waals surface area contributed by atoms with E-state index in [1.165, 1.54) is 12.1 Å². The van der Waals surface area contributed by atoms with Gasteiger partial charge in [0.05, 0.1) is 22.7 Å². The largest absolute Gasteiger partial charge is 0.493 e. The number of ether oxygens (including phenoxy) is 1. The number of hydrogen-bond acceptors (Lipinski definition) is 5. The molecule has 2 N–H and O–H groups in total. The predicted molar refractivity (Wildman–Crippen MR) is 195 cm³/mol. The van der Waals surface area contributed by atoms with Crippen LogP contribution in [0.4, 0.5) is 10.2 Å². The Morgan fingerprint density at radius 2 is 1.75 bits per heavy atom. The third-order valence-electron chi connectivity index (χ3n) is 9.08. The fraction of sp³-hybridized carbons (Fsp3) is 0.421. The number of aromatic carboxylic acids is 1. The Balaban J connectivity index is 0.000000840. The minimum Gasteiger partial charge on any atom is -0.493 e. The van der Waals surface area contributed by atoms with E-state index >= 15 is 0 Å². The highest BCUT2D eigenvalue weighted by molar-refractivity contribution is 6.35. The van der Waals surface area contributed by atoms with Gasteiger partial charge in [0.2, 0.25) is 0 Å². The molecule has 256 valence electrons. The molecule has 6 rings (SSSR count). The first kappa shape index (κ1) is 35.2. The third kappa shape index (κ3) is 7.17. The summed E-state index contributed by atoms with van der Waals surface area (Å²) in [4.78, 5) is 15.1. The van der Waals surface area contributed by atoms with Gasteiger partial charge in [0.15, 0.2) is 5.82 Å². The van der Waals surface area contributed by atoms with Gasteiger partial charge in [-0.05, 0) is 92.9 Å². The molecule has 3 heterocycles. The van der Waals surface area contributed by atoms with Crippen LogP contribution in [0.1, 0.15) is 68.2 Å². The minimum absolute atomic E-state index is 0.288. The van der Waals surface area contributed by atoms with Crippen LogP contribution >= 0.6 is 11.6 Å². The van der Waals surface area contributed by atoms with Crippen molar-refractivity contribution in [2.24, 2.45) is 7.05 Å². The summed E-state index contributed by atoms with van der Waals surface area (Å²) in [6.45, 7) is 10.3. The van der Waals surface area contributed by atoms with Gasteiger partial charge in [0, 0.05) is 49.2 Å². The van der Waals surface area contributed by atoms with Gasteiger partial charge >= 0.3 is 5.97 Å². The Morgan fingerprint density at radius 3 is 2.46 bits per heavy atom. The maximum absolute atomic E-state index is 13.7. The van der Waals surface area contributed by atoms with Crippen LogP contribution < -0.4 is 15.0 Å². The lowest BCUT2D eigenvalue weighted by Crippen LogP contribution is -2.19. The lowest BCUT2D eigenvalue weighted by molar-refractivity contribution is 0.0684. The quantitative estimate of drug-likeness (QED) is 0.153. The predicted octanol–water partition coefficient (Wildman–Crippen LogP) is 8.50. The van der Waals surface area contributed by atoms with Gasteiger partial charge in [-0.15, -0.1) is 0 Å². The number of carbonyl (C=O) groups is 1. The summed E-state index contributed by atoms with van der Waals surface area (Å²) in [7, 11) is 4.02. The molecule has 0 amide bonds. The van der Waals surface area contributed by atoms with E-state index in [1.807, 2.05) is 46.6 Å². The molecule has 0 bridgehead atoms. The van der Waals surface area contributed by atoms with E-state index in [9.17, 15) is 14.3 Å². The van der Waals surface area contributed by atoms with Crippen molar-refractivity contribution in [3.05, 3.63) is 76.3 Å². The fourth-order valence-electron chi connectivity index (χ4n) is 6.86. The molecule has 0 atom stereocenters. The zero-order valence-corrected chi connectivity index (χ0v) is 29.5. The minimum atomic E-state index is -0.945. The third-order valence-corrected chi connectivity index (χ3v) is 9.40. The van der Waals surface area contributed by atoms with E-state index in [-0.39, 0.29) is 5.82 Å². The summed E-state index contributed by atoms with van der Waals surface area (Å²) < 4.78 is 23.8. The van der Waals surface area contributed by atoms with Crippen molar-refractivity contribution in [3.8, 4) is 16.9 Å². The highest BCUT2D eigenvalue weighted by atomic mass is 35.5. The van der Waals surface area contributed by atoms with Crippen molar-refractivity contribution >= 4 is 45.1 Å². The molecule has 8 nitrogen and oxygen atoms in total. The molecule has 3 aromatic carbocycles. The highest BCUT2D eigenvalue weighted by Crippen LogP contribution is 2.45. The number of anilines is 1. The molecular formula is C38H47ClFN5O3. The van der Waals surface area contributed by atoms with Crippen LogP contribution in [0.3, 0.4) is 0 Å². The molecule has 2 aromatic heterocycles. The maximum Gasteiger partial charge on any atom is 0.352 e. The van der Waals surface area contributed by atoms with E-state index in [2.05, 4.69) is 38.0 Å². The molecular weight excluding hydrogens is 629 g/mol. The molecule has 0 aliphatic carbocycles. The van der Waals surface area contributed by atoms with Gasteiger partial charge in [-0.2, -0.15) is 5.10 Å².